The fourth-order valence-electron chi connectivity index (χ4n) is 0.713. The number of nitrogens with zero attached hydrogens (tertiary/aromatic N) is 2. The first kappa shape index (κ1) is 14.5. The van der Waals surface area contributed by atoms with Gasteiger partial charge in [0.15, 0.2) is 6.04 Å². The van der Waals surface area contributed by atoms with Crippen LogP contribution in [-0.2, 0) is 4.79 Å². The van der Waals surface area contributed by atoms with E-state index in [0.29, 0.717) is 0 Å². The van der Waals surface area contributed by atoms with E-state index in [1.165, 1.54) is 10.4 Å². The molecule has 2 atom stereocenters. The second-order valence-electron chi connectivity index (χ2n) is 2.50. The third kappa shape index (κ3) is 3.24. The van der Waals surface area contributed by atoms with Crippen molar-refractivity contribution in [2.45, 2.75) is 24.4 Å². The Hall–Kier alpha value is -1.55. The minimum absolute atomic E-state index is 1.28. The van der Waals surface area contributed by atoms with Gasteiger partial charge in [-0.2, -0.15) is 31.2 Å². The molecule has 0 aliphatic heterocycles. The van der Waals surface area contributed by atoms with E-state index in [0.717, 1.165) is 0 Å². The standard InChI is InChI=1S/C5H2F6N2O3/c6-4(7,8)2(13-16)1(12-15)3(14)5(9,10)11/h1-2H. The molecule has 0 aliphatic carbocycles. The van der Waals surface area contributed by atoms with Crippen molar-refractivity contribution in [1.82, 2.24) is 0 Å². The smallest absolute Gasteiger partial charge is 0.287 e. The van der Waals surface area contributed by atoms with Gasteiger partial charge in [-0.15, -0.1) is 4.91 Å². The molecule has 92 valence electrons. The Morgan fingerprint density at radius 1 is 0.938 bits per heavy atom. The molecule has 0 N–H and O–H groups in total. The molecule has 0 fully saturated rings. The van der Waals surface area contributed by atoms with Crippen molar-refractivity contribution >= 4 is 5.78 Å². The maximum Gasteiger partial charge on any atom is 0.452 e. The molecule has 0 heterocycles. The number of carbonyl (C=O) groups is 1. The first-order valence-corrected chi connectivity index (χ1v) is 3.38. The minimum atomic E-state index is -5.70. The molecule has 5 nitrogen and oxygen atoms in total. The summed E-state index contributed by atoms with van der Waals surface area (Å²) in [4.78, 5) is 29.8. The van der Waals surface area contributed by atoms with Crippen LogP contribution in [0.5, 0.6) is 0 Å². The SMILES string of the molecule is O=NC(C(=O)C(F)(F)F)C(N=O)C(F)(F)F. The number of alkyl halides is 6. The normalized spacial score (nSPS) is 16.4. The molecular formula is C5H2F6N2O3. The molecule has 0 amide bonds. The summed E-state index contributed by atoms with van der Waals surface area (Å²) >= 11 is 0. The molecule has 0 aliphatic rings. The third-order valence-corrected chi connectivity index (χ3v) is 1.41. The fourth-order valence-corrected chi connectivity index (χ4v) is 0.713. The highest BCUT2D eigenvalue weighted by molar-refractivity contribution is 5.90. The topological polar surface area (TPSA) is 75.9 Å². The summed E-state index contributed by atoms with van der Waals surface area (Å²) in [6.45, 7) is 0. The van der Waals surface area contributed by atoms with E-state index in [2.05, 4.69) is 0 Å². The highest BCUT2D eigenvalue weighted by Gasteiger charge is 2.56. The van der Waals surface area contributed by atoms with Crippen LogP contribution in [0.3, 0.4) is 0 Å². The summed E-state index contributed by atoms with van der Waals surface area (Å²) in [5.74, 6) is -3.07. The van der Waals surface area contributed by atoms with E-state index in [1.54, 1.807) is 0 Å². The predicted octanol–water partition coefficient (Wildman–Crippen LogP) is 1.95. The van der Waals surface area contributed by atoms with Crippen LogP contribution in [0, 0.1) is 9.81 Å². The van der Waals surface area contributed by atoms with Crippen molar-refractivity contribution in [1.29, 1.82) is 0 Å². The first-order chi connectivity index (χ1) is 7.05. The first-order valence-electron chi connectivity index (χ1n) is 3.38. The Bertz CT molecular complexity index is 298. The number of rotatable bonds is 4. The average molecular weight is 252 g/mol. The summed E-state index contributed by atoms with van der Waals surface area (Å²) in [6.07, 6.45) is -11.3. The molecule has 0 spiro atoms. The van der Waals surface area contributed by atoms with Crippen LogP contribution in [0.1, 0.15) is 0 Å². The monoisotopic (exact) mass is 252 g/mol. The number of halogens is 6. The van der Waals surface area contributed by atoms with Crippen molar-refractivity contribution in [3.05, 3.63) is 9.81 Å². The second-order valence-corrected chi connectivity index (χ2v) is 2.50. The number of hydrogen-bond acceptors (Lipinski definition) is 5. The predicted molar refractivity (Wildman–Crippen MR) is 36.3 cm³/mol. The number of carbonyl (C=O) groups excluding carboxylic acids is 1. The van der Waals surface area contributed by atoms with E-state index in [1.807, 2.05) is 0 Å². The van der Waals surface area contributed by atoms with Crippen LogP contribution >= 0.6 is 0 Å². The van der Waals surface area contributed by atoms with Gasteiger partial charge >= 0.3 is 12.4 Å². The molecular weight excluding hydrogens is 250 g/mol. The Morgan fingerprint density at radius 2 is 1.38 bits per heavy atom. The molecule has 0 aromatic rings. The Morgan fingerprint density at radius 3 is 1.56 bits per heavy atom. The third-order valence-electron chi connectivity index (χ3n) is 1.41. The number of nitroso groups, excluding NO2 is 2. The van der Waals surface area contributed by atoms with Crippen LogP contribution in [-0.4, -0.2) is 30.2 Å². The van der Waals surface area contributed by atoms with Gasteiger partial charge in [-0.25, -0.2) is 0 Å². The summed E-state index contributed by atoms with van der Waals surface area (Å²) in [5, 5.41) is 2.63. The Labute approximate surface area is 82.7 Å². The molecule has 0 radical (unpaired) electrons. The highest BCUT2D eigenvalue weighted by atomic mass is 19.4. The largest absolute Gasteiger partial charge is 0.452 e. The lowest BCUT2D eigenvalue weighted by molar-refractivity contribution is -0.183. The van der Waals surface area contributed by atoms with Gasteiger partial charge < -0.3 is 0 Å². The molecule has 0 bridgehead atoms. The van der Waals surface area contributed by atoms with Crippen LogP contribution in [0.4, 0.5) is 26.3 Å². The molecule has 16 heavy (non-hydrogen) atoms. The van der Waals surface area contributed by atoms with Crippen molar-refractivity contribution in [2.24, 2.45) is 10.4 Å². The quantitative estimate of drug-likeness (QED) is 0.566. The van der Waals surface area contributed by atoms with Crippen LogP contribution in [0.2, 0.25) is 0 Å². The lowest BCUT2D eigenvalue weighted by Crippen LogP contribution is -2.46. The van der Waals surface area contributed by atoms with Crippen LogP contribution < -0.4 is 0 Å². The van der Waals surface area contributed by atoms with Gasteiger partial charge in [-0.1, -0.05) is 10.4 Å². The average Bonchev–Trinajstić information content (AvgIpc) is 2.09. The van der Waals surface area contributed by atoms with Crippen LogP contribution in [0.15, 0.2) is 10.4 Å². The van der Waals surface area contributed by atoms with E-state index in [4.69, 9.17) is 0 Å². The van der Waals surface area contributed by atoms with Crippen molar-refractivity contribution in [2.75, 3.05) is 0 Å². The molecule has 2 unspecified atom stereocenters. The highest BCUT2D eigenvalue weighted by Crippen LogP contribution is 2.30. The molecule has 0 rings (SSSR count). The van der Waals surface area contributed by atoms with Gasteiger partial charge in [-0.3, -0.25) is 4.79 Å². The maximum absolute atomic E-state index is 11.9. The fraction of sp³-hybridized carbons (Fsp3) is 0.800. The minimum Gasteiger partial charge on any atom is -0.287 e. The summed E-state index contributed by atoms with van der Waals surface area (Å²) in [7, 11) is 0. The van der Waals surface area contributed by atoms with Gasteiger partial charge in [0.1, 0.15) is 0 Å². The Kier molecular flexibility index (Phi) is 4.09. The second kappa shape index (κ2) is 4.53. The summed E-state index contributed by atoms with van der Waals surface area (Å²) in [5.41, 5.74) is 0. The number of hydrogen-bond donors (Lipinski definition) is 0. The van der Waals surface area contributed by atoms with E-state index in [9.17, 15) is 41.0 Å². The summed E-state index contributed by atoms with van der Waals surface area (Å²) < 4.78 is 70.8. The van der Waals surface area contributed by atoms with Gasteiger partial charge in [0, 0.05) is 0 Å². The number of Topliss-reactive ketones (excluding diaryl/α,β-unsaturated/α-hetero) is 1. The Balaban J connectivity index is 5.21. The lowest BCUT2D eigenvalue weighted by atomic mass is 10.0. The molecule has 0 aromatic heterocycles. The molecule has 0 saturated carbocycles. The van der Waals surface area contributed by atoms with E-state index < -0.39 is 30.2 Å². The van der Waals surface area contributed by atoms with Crippen molar-refractivity contribution in [3.63, 3.8) is 0 Å². The maximum atomic E-state index is 11.9. The van der Waals surface area contributed by atoms with E-state index >= 15 is 0 Å². The molecule has 0 aromatic carbocycles. The van der Waals surface area contributed by atoms with Gasteiger partial charge in [0.2, 0.25) is 6.04 Å². The van der Waals surface area contributed by atoms with Crippen molar-refractivity contribution in [3.8, 4) is 0 Å². The lowest BCUT2D eigenvalue weighted by Gasteiger charge is -2.17. The van der Waals surface area contributed by atoms with Gasteiger partial charge in [0.25, 0.3) is 5.78 Å². The van der Waals surface area contributed by atoms with Crippen molar-refractivity contribution < 1.29 is 31.1 Å². The van der Waals surface area contributed by atoms with Gasteiger partial charge in [-0.05, 0) is 0 Å². The number of ketones is 1. The molecule has 11 heteroatoms. The van der Waals surface area contributed by atoms with E-state index in [-0.39, 0.29) is 0 Å². The zero-order valence-corrected chi connectivity index (χ0v) is 7.04. The van der Waals surface area contributed by atoms with Crippen LogP contribution in [0.25, 0.3) is 0 Å². The van der Waals surface area contributed by atoms with Gasteiger partial charge in [0.05, 0.1) is 0 Å². The summed E-state index contributed by atoms with van der Waals surface area (Å²) in [6, 6.07) is -7.09. The zero-order chi connectivity index (χ0) is 13.1. The molecule has 0 saturated heterocycles. The zero-order valence-electron chi connectivity index (χ0n) is 7.04.